The Hall–Kier alpha value is -0.315. The Balaban J connectivity index is 2.49. The van der Waals surface area contributed by atoms with Crippen LogP contribution in [0, 0.1) is 5.92 Å². The summed E-state index contributed by atoms with van der Waals surface area (Å²) in [6.07, 6.45) is 6.23. The predicted octanol–water partition coefficient (Wildman–Crippen LogP) is 4.01. The van der Waals surface area contributed by atoms with Crippen LogP contribution in [0.1, 0.15) is 65.2 Å². The zero-order valence-electron chi connectivity index (χ0n) is 13.6. The van der Waals surface area contributed by atoms with Gasteiger partial charge in [-0.25, -0.2) is 0 Å². The van der Waals surface area contributed by atoms with E-state index in [0.717, 1.165) is 11.2 Å². The van der Waals surface area contributed by atoms with Gasteiger partial charge in [0.25, 0.3) is 0 Å². The van der Waals surface area contributed by atoms with Crippen molar-refractivity contribution in [2.75, 3.05) is 0 Å². The summed E-state index contributed by atoms with van der Waals surface area (Å²) in [4.78, 5) is 1.35. The maximum atomic E-state index is 10.2. The SMILES string of the molecule is CCCCCCc1ccc(B(O)OC(C)(C)C(C)C)s1. The minimum absolute atomic E-state index is 0.315. The lowest BCUT2D eigenvalue weighted by molar-refractivity contribution is 0.0426. The van der Waals surface area contributed by atoms with E-state index in [1.165, 1.54) is 30.6 Å². The van der Waals surface area contributed by atoms with Crippen LogP contribution in [0.5, 0.6) is 0 Å². The summed E-state index contributed by atoms with van der Waals surface area (Å²) in [5.41, 5.74) is -0.315. The number of thiophene rings is 1. The minimum Gasteiger partial charge on any atom is -0.423 e. The highest BCUT2D eigenvalue weighted by Gasteiger charge is 2.31. The second kappa shape index (κ2) is 8.21. The molecule has 0 saturated heterocycles. The molecular formula is C16H29BO2S. The van der Waals surface area contributed by atoms with Gasteiger partial charge < -0.3 is 9.68 Å². The van der Waals surface area contributed by atoms with E-state index in [2.05, 4.69) is 26.8 Å². The van der Waals surface area contributed by atoms with Gasteiger partial charge in [-0.05, 0) is 38.7 Å². The van der Waals surface area contributed by atoms with Crippen LogP contribution in [0.3, 0.4) is 0 Å². The normalized spacial score (nSPS) is 12.2. The third-order valence-electron chi connectivity index (χ3n) is 4.01. The Kier molecular flexibility index (Phi) is 7.28. The molecule has 0 amide bonds. The first-order chi connectivity index (χ1) is 9.36. The Morgan fingerprint density at radius 2 is 1.95 bits per heavy atom. The zero-order chi connectivity index (χ0) is 15.2. The molecule has 0 aliphatic rings. The third-order valence-corrected chi connectivity index (χ3v) is 5.18. The van der Waals surface area contributed by atoms with Crippen molar-refractivity contribution in [3.05, 3.63) is 17.0 Å². The van der Waals surface area contributed by atoms with E-state index in [1.807, 2.05) is 19.9 Å². The van der Waals surface area contributed by atoms with Crippen LogP contribution < -0.4 is 4.78 Å². The number of rotatable bonds is 9. The predicted molar refractivity (Wildman–Crippen MR) is 89.8 cm³/mol. The second-order valence-corrected chi connectivity index (χ2v) is 7.54. The molecule has 1 heterocycles. The molecular weight excluding hydrogens is 267 g/mol. The molecule has 0 atom stereocenters. The van der Waals surface area contributed by atoms with Gasteiger partial charge in [-0.15, -0.1) is 11.3 Å². The van der Waals surface area contributed by atoms with Crippen molar-refractivity contribution in [2.24, 2.45) is 5.92 Å². The van der Waals surface area contributed by atoms with Crippen molar-refractivity contribution in [1.29, 1.82) is 0 Å². The van der Waals surface area contributed by atoms with Crippen molar-refractivity contribution in [2.45, 2.75) is 72.3 Å². The smallest absolute Gasteiger partial charge is 0.423 e. The van der Waals surface area contributed by atoms with Crippen molar-refractivity contribution in [3.8, 4) is 0 Å². The molecule has 1 N–H and O–H groups in total. The van der Waals surface area contributed by atoms with E-state index < -0.39 is 7.12 Å². The second-order valence-electron chi connectivity index (χ2n) is 6.34. The molecule has 0 fully saturated rings. The Bertz CT molecular complexity index is 388. The molecule has 114 valence electrons. The van der Waals surface area contributed by atoms with E-state index in [4.69, 9.17) is 4.65 Å². The molecule has 0 spiro atoms. The van der Waals surface area contributed by atoms with E-state index in [0.29, 0.717) is 5.92 Å². The number of aryl methyl sites for hydroxylation is 1. The molecule has 4 heteroatoms. The van der Waals surface area contributed by atoms with E-state index >= 15 is 0 Å². The lowest BCUT2D eigenvalue weighted by Crippen LogP contribution is -2.43. The molecule has 0 radical (unpaired) electrons. The molecule has 1 rings (SSSR count). The molecule has 1 aromatic rings. The molecule has 0 aliphatic heterocycles. The first kappa shape index (κ1) is 17.7. The van der Waals surface area contributed by atoms with Gasteiger partial charge in [0.05, 0.1) is 5.60 Å². The largest absolute Gasteiger partial charge is 0.502 e. The Morgan fingerprint density at radius 1 is 1.25 bits per heavy atom. The van der Waals surface area contributed by atoms with Crippen molar-refractivity contribution < 1.29 is 9.68 Å². The summed E-state index contributed by atoms with van der Waals surface area (Å²) in [6, 6.07) is 4.13. The molecule has 0 aliphatic carbocycles. The monoisotopic (exact) mass is 296 g/mol. The topological polar surface area (TPSA) is 29.5 Å². The van der Waals surface area contributed by atoms with Gasteiger partial charge in [-0.3, -0.25) is 0 Å². The first-order valence-electron chi connectivity index (χ1n) is 7.81. The van der Waals surface area contributed by atoms with Gasteiger partial charge in [0.15, 0.2) is 0 Å². The zero-order valence-corrected chi connectivity index (χ0v) is 14.4. The molecule has 2 nitrogen and oxygen atoms in total. The number of hydrogen-bond acceptors (Lipinski definition) is 3. The summed E-state index contributed by atoms with van der Waals surface area (Å²) in [5.74, 6) is 0.366. The first-order valence-corrected chi connectivity index (χ1v) is 8.63. The Labute approximate surface area is 128 Å². The fraction of sp³-hybridized carbons (Fsp3) is 0.750. The summed E-state index contributed by atoms with van der Waals surface area (Å²) in [6.45, 7) is 10.5. The minimum atomic E-state index is -0.804. The highest BCUT2D eigenvalue weighted by Crippen LogP contribution is 2.22. The molecule has 0 bridgehead atoms. The van der Waals surface area contributed by atoms with Gasteiger partial charge in [-0.2, -0.15) is 0 Å². The summed E-state index contributed by atoms with van der Waals surface area (Å²) >= 11 is 1.68. The summed E-state index contributed by atoms with van der Waals surface area (Å²) in [7, 11) is -0.804. The van der Waals surface area contributed by atoms with Gasteiger partial charge in [-0.1, -0.05) is 46.1 Å². The van der Waals surface area contributed by atoms with Gasteiger partial charge in [0.1, 0.15) is 0 Å². The van der Waals surface area contributed by atoms with Crippen molar-refractivity contribution >= 4 is 23.2 Å². The maximum Gasteiger partial charge on any atom is 0.502 e. The molecule has 0 aromatic carbocycles. The average molecular weight is 296 g/mol. The summed E-state index contributed by atoms with van der Waals surface area (Å²) < 4.78 is 6.73. The van der Waals surface area contributed by atoms with E-state index in [9.17, 15) is 5.02 Å². The standard InChI is InChI=1S/C16H29BO2S/c1-6-7-8-9-10-14-11-12-15(20-14)17(18)19-16(4,5)13(2)3/h11-13,18H,6-10H2,1-5H3. The van der Waals surface area contributed by atoms with Gasteiger partial charge >= 0.3 is 7.12 Å². The number of hydrogen-bond donors (Lipinski definition) is 1. The van der Waals surface area contributed by atoms with Crippen LogP contribution in [0.4, 0.5) is 0 Å². The molecule has 1 aromatic heterocycles. The highest BCUT2D eigenvalue weighted by atomic mass is 32.1. The maximum absolute atomic E-state index is 10.2. The van der Waals surface area contributed by atoms with Gasteiger partial charge in [0, 0.05) is 9.65 Å². The molecule has 0 unspecified atom stereocenters. The quantitative estimate of drug-likeness (QED) is 0.551. The Morgan fingerprint density at radius 3 is 2.55 bits per heavy atom. The lowest BCUT2D eigenvalue weighted by atomic mass is 9.84. The molecule has 20 heavy (non-hydrogen) atoms. The van der Waals surface area contributed by atoms with Crippen molar-refractivity contribution in [3.63, 3.8) is 0 Å². The fourth-order valence-corrected chi connectivity index (χ4v) is 2.84. The average Bonchev–Trinajstić information content (AvgIpc) is 2.83. The molecule has 0 saturated carbocycles. The van der Waals surface area contributed by atoms with Crippen LogP contribution in [-0.4, -0.2) is 17.7 Å². The van der Waals surface area contributed by atoms with E-state index in [1.54, 1.807) is 11.3 Å². The van der Waals surface area contributed by atoms with E-state index in [-0.39, 0.29) is 5.60 Å². The van der Waals surface area contributed by atoms with Crippen LogP contribution in [0.2, 0.25) is 0 Å². The van der Waals surface area contributed by atoms with Crippen molar-refractivity contribution in [1.82, 2.24) is 0 Å². The fourth-order valence-electron chi connectivity index (χ4n) is 1.87. The highest BCUT2D eigenvalue weighted by molar-refractivity contribution is 7.22. The van der Waals surface area contributed by atoms with Crippen LogP contribution in [0.15, 0.2) is 12.1 Å². The third kappa shape index (κ3) is 5.59. The van der Waals surface area contributed by atoms with Gasteiger partial charge in [0.2, 0.25) is 0 Å². The van der Waals surface area contributed by atoms with Crippen LogP contribution >= 0.6 is 11.3 Å². The summed E-state index contributed by atoms with van der Waals surface area (Å²) in [5, 5.41) is 10.2. The lowest BCUT2D eigenvalue weighted by Gasteiger charge is -2.31. The van der Waals surface area contributed by atoms with Crippen LogP contribution in [-0.2, 0) is 11.1 Å². The van der Waals surface area contributed by atoms with Crippen LogP contribution in [0.25, 0.3) is 0 Å². The number of unbranched alkanes of at least 4 members (excludes halogenated alkanes) is 3.